The van der Waals surface area contributed by atoms with E-state index in [0.29, 0.717) is 5.41 Å². The minimum atomic E-state index is -0.0677. The largest absolute Gasteiger partial charge is 0.375 e. The first kappa shape index (κ1) is 21.9. The van der Waals surface area contributed by atoms with E-state index >= 15 is 0 Å². The van der Waals surface area contributed by atoms with Crippen molar-refractivity contribution in [2.24, 2.45) is 10.8 Å². The van der Waals surface area contributed by atoms with Crippen molar-refractivity contribution in [2.75, 3.05) is 13.2 Å². The molecule has 0 aromatic rings. The van der Waals surface area contributed by atoms with Crippen LogP contribution in [0, 0.1) is 10.8 Å². The summed E-state index contributed by atoms with van der Waals surface area (Å²) in [6, 6.07) is 0. The Labute approximate surface area is 140 Å². The van der Waals surface area contributed by atoms with Crippen LogP contribution < -0.4 is 5.32 Å². The van der Waals surface area contributed by atoms with Crippen molar-refractivity contribution in [3.05, 3.63) is 0 Å². The molecule has 1 atom stereocenters. The molecule has 0 amide bonds. The third-order valence-corrected chi connectivity index (χ3v) is 5.79. The maximum absolute atomic E-state index is 6.48. The molecule has 2 heteroatoms. The van der Waals surface area contributed by atoms with Gasteiger partial charge in [-0.1, -0.05) is 54.9 Å². The lowest BCUT2D eigenvalue weighted by molar-refractivity contribution is -0.130. The maximum atomic E-state index is 6.48. The molecule has 0 aliphatic carbocycles. The number of hydrogen-bond acceptors (Lipinski definition) is 2. The molecular weight excluding hydrogens is 270 g/mol. The van der Waals surface area contributed by atoms with Gasteiger partial charge in [-0.15, -0.1) is 0 Å². The Morgan fingerprint density at radius 3 is 1.77 bits per heavy atom. The molecule has 1 N–H and O–H groups in total. The molecule has 2 nitrogen and oxygen atoms in total. The van der Waals surface area contributed by atoms with Crippen LogP contribution in [-0.4, -0.2) is 24.3 Å². The fourth-order valence-electron chi connectivity index (χ4n) is 3.38. The molecule has 0 saturated heterocycles. The molecule has 0 aromatic heterocycles. The van der Waals surface area contributed by atoms with Gasteiger partial charge in [-0.2, -0.15) is 0 Å². The zero-order valence-corrected chi connectivity index (χ0v) is 17.2. The van der Waals surface area contributed by atoms with E-state index in [0.717, 1.165) is 26.0 Å². The second-order valence-electron chi connectivity index (χ2n) is 9.18. The standard InChI is InChI=1S/C20H43NO/c1-11-17(4,5)16-18(6,7)20(10,12-2)22-15-14-19(8,9)21-13-3/h21H,11-16H2,1-10H3. The molecule has 0 radical (unpaired) electrons. The van der Waals surface area contributed by atoms with E-state index in [1.54, 1.807) is 0 Å². The zero-order chi connectivity index (χ0) is 17.7. The van der Waals surface area contributed by atoms with Crippen LogP contribution in [-0.2, 0) is 4.74 Å². The van der Waals surface area contributed by atoms with E-state index in [2.05, 4.69) is 74.6 Å². The van der Waals surface area contributed by atoms with E-state index in [4.69, 9.17) is 4.74 Å². The van der Waals surface area contributed by atoms with Crippen LogP contribution in [0.1, 0.15) is 94.9 Å². The van der Waals surface area contributed by atoms with Gasteiger partial charge >= 0.3 is 0 Å². The van der Waals surface area contributed by atoms with Crippen molar-refractivity contribution in [3.8, 4) is 0 Å². The molecule has 0 bridgehead atoms. The number of nitrogens with one attached hydrogen (secondary N) is 1. The SMILES string of the molecule is CCNC(C)(C)CCOC(C)(CC)C(C)(C)CC(C)(C)CC. The molecule has 0 saturated carbocycles. The summed E-state index contributed by atoms with van der Waals surface area (Å²) in [6.07, 6.45) is 4.51. The summed E-state index contributed by atoms with van der Waals surface area (Å²) in [4.78, 5) is 0. The predicted molar refractivity (Wildman–Crippen MR) is 99.5 cm³/mol. The van der Waals surface area contributed by atoms with Crippen LogP contribution >= 0.6 is 0 Å². The fourth-order valence-corrected chi connectivity index (χ4v) is 3.38. The average molecular weight is 314 g/mol. The van der Waals surface area contributed by atoms with Crippen LogP contribution in [0.2, 0.25) is 0 Å². The topological polar surface area (TPSA) is 21.3 Å². The predicted octanol–water partition coefficient (Wildman–Crippen LogP) is 5.80. The Hall–Kier alpha value is -0.0800. The zero-order valence-electron chi connectivity index (χ0n) is 17.2. The highest BCUT2D eigenvalue weighted by Gasteiger charge is 2.43. The van der Waals surface area contributed by atoms with Crippen LogP contribution in [0.5, 0.6) is 0 Å². The third kappa shape index (κ3) is 6.58. The van der Waals surface area contributed by atoms with Gasteiger partial charge in [0.25, 0.3) is 0 Å². The van der Waals surface area contributed by atoms with Gasteiger partial charge in [-0.05, 0) is 57.4 Å². The molecule has 0 spiro atoms. The summed E-state index contributed by atoms with van der Waals surface area (Å²) in [5.74, 6) is 0. The van der Waals surface area contributed by atoms with Crippen molar-refractivity contribution in [1.82, 2.24) is 5.32 Å². The molecule has 0 fully saturated rings. The van der Waals surface area contributed by atoms with Crippen molar-refractivity contribution < 1.29 is 4.74 Å². The van der Waals surface area contributed by atoms with Gasteiger partial charge < -0.3 is 10.1 Å². The second-order valence-corrected chi connectivity index (χ2v) is 9.18. The molecule has 22 heavy (non-hydrogen) atoms. The third-order valence-electron chi connectivity index (χ3n) is 5.79. The van der Waals surface area contributed by atoms with Crippen LogP contribution in [0.15, 0.2) is 0 Å². The lowest BCUT2D eigenvalue weighted by atomic mass is 9.65. The highest BCUT2D eigenvalue weighted by atomic mass is 16.5. The van der Waals surface area contributed by atoms with Gasteiger partial charge in [0, 0.05) is 12.1 Å². The van der Waals surface area contributed by atoms with Gasteiger partial charge in [0.1, 0.15) is 0 Å². The van der Waals surface area contributed by atoms with Gasteiger partial charge in [-0.25, -0.2) is 0 Å². The highest BCUT2D eigenvalue weighted by molar-refractivity contribution is 4.94. The first-order chi connectivity index (χ1) is 9.85. The molecule has 0 aliphatic rings. The summed E-state index contributed by atoms with van der Waals surface area (Å²) >= 11 is 0. The van der Waals surface area contributed by atoms with Gasteiger partial charge in [0.15, 0.2) is 0 Å². The number of hydrogen-bond donors (Lipinski definition) is 1. The molecule has 0 rings (SSSR count). The van der Waals surface area contributed by atoms with Crippen LogP contribution in [0.4, 0.5) is 0 Å². The molecule has 0 heterocycles. The highest BCUT2D eigenvalue weighted by Crippen LogP contribution is 2.46. The van der Waals surface area contributed by atoms with Gasteiger partial charge in [0.05, 0.1) is 5.60 Å². The summed E-state index contributed by atoms with van der Waals surface area (Å²) in [6.45, 7) is 24.9. The van der Waals surface area contributed by atoms with E-state index in [9.17, 15) is 0 Å². The Kier molecular flexibility index (Phi) is 8.12. The van der Waals surface area contributed by atoms with Crippen molar-refractivity contribution in [2.45, 2.75) is 106 Å². The molecule has 0 aliphatic heterocycles. The molecular formula is C20H43NO. The Bertz CT molecular complexity index is 320. The minimum absolute atomic E-state index is 0.0677. The first-order valence-electron chi connectivity index (χ1n) is 9.24. The van der Waals surface area contributed by atoms with E-state index < -0.39 is 0 Å². The van der Waals surface area contributed by atoms with Crippen molar-refractivity contribution in [3.63, 3.8) is 0 Å². The number of rotatable bonds is 11. The van der Waals surface area contributed by atoms with Crippen molar-refractivity contribution >= 4 is 0 Å². The summed E-state index contributed by atoms with van der Waals surface area (Å²) < 4.78 is 6.48. The van der Waals surface area contributed by atoms with E-state index in [1.165, 1.54) is 12.8 Å². The molecule has 1 unspecified atom stereocenters. The normalized spacial score (nSPS) is 16.6. The van der Waals surface area contributed by atoms with Crippen LogP contribution in [0.25, 0.3) is 0 Å². The molecule has 134 valence electrons. The lowest BCUT2D eigenvalue weighted by Gasteiger charge is -2.47. The Morgan fingerprint density at radius 2 is 1.36 bits per heavy atom. The smallest absolute Gasteiger partial charge is 0.0702 e. The minimum Gasteiger partial charge on any atom is -0.375 e. The fraction of sp³-hybridized carbons (Fsp3) is 1.00. The monoisotopic (exact) mass is 313 g/mol. The first-order valence-corrected chi connectivity index (χ1v) is 9.24. The van der Waals surface area contributed by atoms with Gasteiger partial charge in [0.2, 0.25) is 0 Å². The molecule has 0 aromatic carbocycles. The van der Waals surface area contributed by atoms with Crippen LogP contribution in [0.3, 0.4) is 0 Å². The summed E-state index contributed by atoms with van der Waals surface area (Å²) in [7, 11) is 0. The van der Waals surface area contributed by atoms with E-state index in [1.807, 2.05) is 0 Å². The maximum Gasteiger partial charge on any atom is 0.0702 e. The Balaban J connectivity index is 4.82. The lowest BCUT2D eigenvalue weighted by Crippen LogP contribution is -2.47. The van der Waals surface area contributed by atoms with E-state index in [-0.39, 0.29) is 16.6 Å². The summed E-state index contributed by atoms with van der Waals surface area (Å²) in [5.41, 5.74) is 0.619. The van der Waals surface area contributed by atoms with Crippen molar-refractivity contribution in [1.29, 1.82) is 0 Å². The number of ether oxygens (including phenoxy) is 1. The average Bonchev–Trinajstić information content (AvgIpc) is 2.36. The second kappa shape index (κ2) is 8.15. The Morgan fingerprint density at radius 1 is 0.818 bits per heavy atom. The van der Waals surface area contributed by atoms with Gasteiger partial charge in [-0.3, -0.25) is 0 Å². The summed E-state index contributed by atoms with van der Waals surface area (Å²) in [5, 5.41) is 3.53. The quantitative estimate of drug-likeness (QED) is 0.520.